The molecule has 1 amide bonds. The molecule has 3 aromatic rings. The lowest BCUT2D eigenvalue weighted by Gasteiger charge is -2.05. The molecule has 1 N–H and O–H groups in total. The summed E-state index contributed by atoms with van der Waals surface area (Å²) in [5.41, 5.74) is -0.896. The molecule has 0 atom stereocenters. The molecule has 0 aliphatic carbocycles. The molecule has 2 heterocycles. The molecule has 0 saturated carbocycles. The molecule has 0 aliphatic rings. The molecule has 8 heteroatoms. The molecule has 3 rings (SSSR count). The van der Waals surface area contributed by atoms with Crippen molar-refractivity contribution in [2.24, 2.45) is 0 Å². The van der Waals surface area contributed by atoms with Crippen LogP contribution in [0.3, 0.4) is 0 Å². The van der Waals surface area contributed by atoms with Crippen molar-refractivity contribution >= 4 is 11.6 Å². The number of nitrogens with zero attached hydrogens (tertiary/aromatic N) is 2. The molecule has 0 radical (unpaired) electrons. The quantitative estimate of drug-likeness (QED) is 0.704. The van der Waals surface area contributed by atoms with Crippen LogP contribution in [0.4, 0.5) is 13.2 Å². The van der Waals surface area contributed by atoms with Crippen molar-refractivity contribution in [1.82, 2.24) is 14.7 Å². The number of amides is 1. The minimum absolute atomic E-state index is 0.133. The minimum atomic E-state index is -4.45. The van der Waals surface area contributed by atoms with Crippen molar-refractivity contribution in [1.29, 1.82) is 0 Å². The van der Waals surface area contributed by atoms with Gasteiger partial charge in [0.15, 0.2) is 0 Å². The summed E-state index contributed by atoms with van der Waals surface area (Å²) in [5.74, 6) is 4.44. The van der Waals surface area contributed by atoms with E-state index in [-0.39, 0.29) is 17.7 Å². The van der Waals surface area contributed by atoms with Crippen LogP contribution in [0.15, 0.2) is 59.7 Å². The van der Waals surface area contributed by atoms with Crippen LogP contribution in [-0.4, -0.2) is 21.8 Å². The van der Waals surface area contributed by atoms with Crippen LogP contribution in [0.1, 0.15) is 21.5 Å². The smallest absolute Gasteiger partial charge is 0.341 e. The van der Waals surface area contributed by atoms with Crippen LogP contribution < -0.4 is 10.9 Å². The Balaban J connectivity index is 1.70. The van der Waals surface area contributed by atoms with Crippen molar-refractivity contribution < 1.29 is 18.0 Å². The standard InChI is InChI=1S/C19H12F3N3O2/c20-19(21,22)14-7-3-5-13(11-14)6-4-9-23-17(26)15-12-24-16-8-1-2-10-25(16)18(15)27/h1-3,5,7-8,10-12H,9H2,(H,23,26). The number of rotatable bonds is 2. The lowest BCUT2D eigenvalue weighted by atomic mass is 10.1. The van der Waals surface area contributed by atoms with Gasteiger partial charge in [0.2, 0.25) is 0 Å². The predicted octanol–water partition coefficient (Wildman–Crippen LogP) is 2.49. The summed E-state index contributed by atoms with van der Waals surface area (Å²) >= 11 is 0. The maximum absolute atomic E-state index is 12.7. The van der Waals surface area contributed by atoms with E-state index >= 15 is 0 Å². The maximum Gasteiger partial charge on any atom is 0.416 e. The zero-order valence-electron chi connectivity index (χ0n) is 13.7. The summed E-state index contributed by atoms with van der Waals surface area (Å²) in [5, 5.41) is 2.43. The number of carbonyl (C=O) groups excluding carboxylic acids is 1. The highest BCUT2D eigenvalue weighted by atomic mass is 19.4. The Morgan fingerprint density at radius 1 is 1.19 bits per heavy atom. The number of hydrogen-bond donors (Lipinski definition) is 1. The number of pyridine rings is 1. The van der Waals surface area contributed by atoms with Crippen LogP contribution in [0.5, 0.6) is 0 Å². The van der Waals surface area contributed by atoms with Gasteiger partial charge in [-0.25, -0.2) is 4.98 Å². The van der Waals surface area contributed by atoms with Gasteiger partial charge in [-0.3, -0.25) is 14.0 Å². The van der Waals surface area contributed by atoms with E-state index in [4.69, 9.17) is 0 Å². The summed E-state index contributed by atoms with van der Waals surface area (Å²) in [6.45, 7) is -0.133. The van der Waals surface area contributed by atoms with Gasteiger partial charge < -0.3 is 5.32 Å². The van der Waals surface area contributed by atoms with Gasteiger partial charge in [0, 0.05) is 18.0 Å². The SMILES string of the molecule is O=C(NCC#Cc1cccc(C(F)(F)F)c1)c1cnc2ccccn2c1=O. The molecule has 0 bridgehead atoms. The Morgan fingerprint density at radius 3 is 2.78 bits per heavy atom. The highest BCUT2D eigenvalue weighted by molar-refractivity contribution is 5.93. The van der Waals surface area contributed by atoms with Crippen molar-refractivity contribution in [3.63, 3.8) is 0 Å². The third-order valence-electron chi connectivity index (χ3n) is 3.62. The normalized spacial score (nSPS) is 10.9. The zero-order valence-corrected chi connectivity index (χ0v) is 13.7. The highest BCUT2D eigenvalue weighted by Crippen LogP contribution is 2.29. The van der Waals surface area contributed by atoms with Gasteiger partial charge >= 0.3 is 6.18 Å². The molecule has 0 saturated heterocycles. The van der Waals surface area contributed by atoms with E-state index in [0.717, 1.165) is 12.1 Å². The van der Waals surface area contributed by atoms with Gasteiger partial charge in [-0.1, -0.05) is 24.0 Å². The van der Waals surface area contributed by atoms with E-state index in [0.29, 0.717) is 5.65 Å². The summed E-state index contributed by atoms with van der Waals surface area (Å²) in [4.78, 5) is 28.4. The summed E-state index contributed by atoms with van der Waals surface area (Å²) in [6.07, 6.45) is -1.78. The van der Waals surface area contributed by atoms with E-state index in [9.17, 15) is 22.8 Å². The Hall–Kier alpha value is -3.60. The number of carbonyl (C=O) groups is 1. The lowest BCUT2D eigenvalue weighted by molar-refractivity contribution is -0.137. The van der Waals surface area contributed by atoms with Crippen molar-refractivity contribution in [2.45, 2.75) is 6.18 Å². The second-order valence-electron chi connectivity index (χ2n) is 5.47. The molecule has 5 nitrogen and oxygen atoms in total. The van der Waals surface area contributed by atoms with Gasteiger partial charge in [0.05, 0.1) is 12.1 Å². The van der Waals surface area contributed by atoms with Crippen molar-refractivity contribution in [3.8, 4) is 11.8 Å². The monoisotopic (exact) mass is 371 g/mol. The molecule has 0 unspecified atom stereocenters. The second-order valence-corrected chi connectivity index (χ2v) is 5.47. The molecular formula is C19H12F3N3O2. The summed E-state index contributed by atoms with van der Waals surface area (Å²) in [7, 11) is 0. The van der Waals surface area contributed by atoms with Gasteiger partial charge in [0.25, 0.3) is 11.5 Å². The zero-order chi connectivity index (χ0) is 19.4. The Morgan fingerprint density at radius 2 is 2.00 bits per heavy atom. The maximum atomic E-state index is 12.7. The fourth-order valence-corrected chi connectivity index (χ4v) is 2.32. The van der Waals surface area contributed by atoms with Crippen LogP contribution >= 0.6 is 0 Å². The first-order valence-corrected chi connectivity index (χ1v) is 7.77. The number of alkyl halides is 3. The minimum Gasteiger partial charge on any atom is -0.341 e. The first kappa shape index (κ1) is 18.2. The Labute approximate surface area is 151 Å². The number of aromatic nitrogens is 2. The van der Waals surface area contributed by atoms with Crippen LogP contribution in [0.25, 0.3) is 5.65 Å². The summed E-state index contributed by atoms with van der Waals surface area (Å²) in [6, 6.07) is 9.55. The number of benzene rings is 1. The summed E-state index contributed by atoms with van der Waals surface area (Å²) < 4.78 is 39.2. The largest absolute Gasteiger partial charge is 0.416 e. The molecule has 0 spiro atoms. The highest BCUT2D eigenvalue weighted by Gasteiger charge is 2.30. The van der Waals surface area contributed by atoms with Crippen molar-refractivity contribution in [2.75, 3.05) is 6.54 Å². The fraction of sp³-hybridized carbons (Fsp3) is 0.105. The molecule has 2 aromatic heterocycles. The molecule has 0 fully saturated rings. The van der Waals surface area contributed by atoms with E-state index in [2.05, 4.69) is 22.1 Å². The van der Waals surface area contributed by atoms with Crippen LogP contribution in [0.2, 0.25) is 0 Å². The number of hydrogen-bond acceptors (Lipinski definition) is 3. The van der Waals surface area contributed by atoms with Crippen LogP contribution in [-0.2, 0) is 6.18 Å². The fourth-order valence-electron chi connectivity index (χ4n) is 2.32. The van der Waals surface area contributed by atoms with Gasteiger partial charge in [-0.2, -0.15) is 13.2 Å². The first-order valence-electron chi connectivity index (χ1n) is 7.77. The average Bonchev–Trinajstić information content (AvgIpc) is 2.65. The first-order chi connectivity index (χ1) is 12.9. The topological polar surface area (TPSA) is 63.5 Å². The molecular weight excluding hydrogens is 359 g/mol. The third kappa shape index (κ3) is 4.15. The van der Waals surface area contributed by atoms with Gasteiger partial charge in [-0.15, -0.1) is 0 Å². The third-order valence-corrected chi connectivity index (χ3v) is 3.62. The second kappa shape index (κ2) is 7.33. The van der Waals surface area contributed by atoms with E-state index in [1.54, 1.807) is 18.2 Å². The van der Waals surface area contributed by atoms with E-state index in [1.807, 2.05) is 0 Å². The molecule has 136 valence electrons. The predicted molar refractivity (Wildman–Crippen MR) is 92.1 cm³/mol. The van der Waals surface area contributed by atoms with Gasteiger partial charge in [0.1, 0.15) is 11.2 Å². The van der Waals surface area contributed by atoms with E-state index < -0.39 is 23.2 Å². The lowest BCUT2D eigenvalue weighted by Crippen LogP contribution is -2.31. The van der Waals surface area contributed by atoms with Crippen LogP contribution in [0, 0.1) is 11.8 Å². The number of nitrogens with one attached hydrogen (secondary N) is 1. The Bertz CT molecular complexity index is 1120. The Kier molecular flexibility index (Phi) is 4.94. The van der Waals surface area contributed by atoms with Gasteiger partial charge in [-0.05, 0) is 30.3 Å². The van der Waals surface area contributed by atoms with Crippen molar-refractivity contribution in [3.05, 3.63) is 81.9 Å². The molecule has 27 heavy (non-hydrogen) atoms. The molecule has 0 aliphatic heterocycles. The number of fused-ring (bicyclic) bond motifs is 1. The van der Waals surface area contributed by atoms with E-state index in [1.165, 1.54) is 28.9 Å². The molecule has 1 aromatic carbocycles. The average molecular weight is 371 g/mol. The number of halogens is 3.